The van der Waals surface area contributed by atoms with Crippen LogP contribution in [-0.4, -0.2) is 30.7 Å². The van der Waals surface area contributed by atoms with E-state index < -0.39 is 0 Å². The summed E-state index contributed by atoms with van der Waals surface area (Å²) in [5, 5.41) is 11.3. The summed E-state index contributed by atoms with van der Waals surface area (Å²) in [5.74, 6) is 1.33. The molecule has 2 unspecified atom stereocenters. The highest BCUT2D eigenvalue weighted by molar-refractivity contribution is 6.00. The molecule has 0 amide bonds. The zero-order valence-corrected chi connectivity index (χ0v) is 11.2. The zero-order valence-electron chi connectivity index (χ0n) is 11.2. The number of hydrogen-bond donors (Lipinski definition) is 2. The maximum atomic E-state index is 10.3. The van der Waals surface area contributed by atoms with Gasteiger partial charge in [0.1, 0.15) is 5.52 Å². The van der Waals surface area contributed by atoms with Gasteiger partial charge in [0, 0.05) is 17.3 Å². The summed E-state index contributed by atoms with van der Waals surface area (Å²) in [6.07, 6.45) is 5.66. The molecule has 5 rings (SSSR count). The Bertz CT molecular complexity index is 831. The number of nitrogens with one attached hydrogen (secondary N) is 1. The quantitative estimate of drug-likeness (QED) is 0.710. The van der Waals surface area contributed by atoms with E-state index in [2.05, 4.69) is 25.6 Å². The molecule has 102 valence electrons. The molecule has 0 aromatic carbocycles. The van der Waals surface area contributed by atoms with Gasteiger partial charge in [-0.15, -0.1) is 0 Å². The number of aliphatic hydroxyl groups excluding tert-OH is 1. The summed E-state index contributed by atoms with van der Waals surface area (Å²) in [6, 6.07) is 2.24. The summed E-state index contributed by atoms with van der Waals surface area (Å²) in [4.78, 5) is 12.5. The molecular formula is C15H16N4O. The van der Waals surface area contributed by atoms with E-state index in [4.69, 9.17) is 0 Å². The monoisotopic (exact) mass is 268 g/mol. The van der Waals surface area contributed by atoms with Crippen molar-refractivity contribution in [1.82, 2.24) is 19.5 Å². The molecule has 2 saturated carbocycles. The Labute approximate surface area is 115 Å². The van der Waals surface area contributed by atoms with Gasteiger partial charge in [-0.3, -0.25) is 0 Å². The maximum Gasteiger partial charge on any atom is 0.162 e. The number of aromatic amines is 1. The van der Waals surface area contributed by atoms with Crippen LogP contribution in [0.4, 0.5) is 0 Å². The van der Waals surface area contributed by atoms with Crippen molar-refractivity contribution in [3.05, 3.63) is 24.3 Å². The van der Waals surface area contributed by atoms with Crippen molar-refractivity contribution < 1.29 is 5.11 Å². The van der Waals surface area contributed by atoms with Crippen LogP contribution in [0.25, 0.3) is 22.1 Å². The number of aryl methyl sites for hydroxylation is 1. The average molecular weight is 268 g/mol. The molecule has 20 heavy (non-hydrogen) atoms. The van der Waals surface area contributed by atoms with Gasteiger partial charge in [0.15, 0.2) is 5.65 Å². The van der Waals surface area contributed by atoms with Crippen molar-refractivity contribution >= 4 is 22.1 Å². The van der Waals surface area contributed by atoms with E-state index in [0.29, 0.717) is 11.8 Å². The second-order valence-electron chi connectivity index (χ2n) is 6.32. The number of aromatic nitrogens is 4. The number of imidazole rings is 1. The van der Waals surface area contributed by atoms with Gasteiger partial charge in [-0.2, -0.15) is 0 Å². The van der Waals surface area contributed by atoms with E-state index in [1.807, 2.05) is 19.4 Å². The van der Waals surface area contributed by atoms with Gasteiger partial charge in [-0.1, -0.05) is 0 Å². The summed E-state index contributed by atoms with van der Waals surface area (Å²) in [7, 11) is 0. The highest BCUT2D eigenvalue weighted by Crippen LogP contribution is 2.57. The lowest BCUT2D eigenvalue weighted by atomic mass is 10.1. The number of rotatable bonds is 1. The molecule has 3 heterocycles. The Morgan fingerprint density at radius 2 is 2.25 bits per heavy atom. The topological polar surface area (TPSA) is 66.7 Å². The van der Waals surface area contributed by atoms with Crippen molar-refractivity contribution in [3.63, 3.8) is 0 Å². The molecule has 0 saturated heterocycles. The molecular weight excluding hydrogens is 252 g/mol. The minimum absolute atomic E-state index is 0.158. The molecule has 0 radical (unpaired) electrons. The fourth-order valence-corrected chi connectivity index (χ4v) is 4.00. The van der Waals surface area contributed by atoms with Gasteiger partial charge in [-0.25, -0.2) is 9.97 Å². The second kappa shape index (κ2) is 3.41. The third-order valence-electron chi connectivity index (χ3n) is 4.99. The molecule has 0 spiro atoms. The molecule has 3 aromatic rings. The lowest BCUT2D eigenvalue weighted by molar-refractivity contribution is 0.119. The van der Waals surface area contributed by atoms with Crippen molar-refractivity contribution in [2.45, 2.75) is 31.9 Å². The minimum atomic E-state index is -0.251. The van der Waals surface area contributed by atoms with Crippen molar-refractivity contribution in [3.8, 4) is 0 Å². The highest BCUT2D eigenvalue weighted by atomic mass is 16.3. The first kappa shape index (κ1) is 10.9. The number of pyridine rings is 1. The summed E-state index contributed by atoms with van der Waals surface area (Å²) >= 11 is 0. The normalized spacial score (nSPS) is 32.1. The Morgan fingerprint density at radius 3 is 3.05 bits per heavy atom. The van der Waals surface area contributed by atoms with E-state index >= 15 is 0 Å². The summed E-state index contributed by atoms with van der Waals surface area (Å²) in [6.45, 7) is 2.04. The van der Waals surface area contributed by atoms with Crippen LogP contribution >= 0.6 is 0 Å². The lowest BCUT2D eigenvalue weighted by Crippen LogP contribution is -2.21. The first-order chi connectivity index (χ1) is 9.72. The van der Waals surface area contributed by atoms with Crippen LogP contribution in [0.2, 0.25) is 0 Å². The van der Waals surface area contributed by atoms with Gasteiger partial charge in [0.2, 0.25) is 0 Å². The Kier molecular flexibility index (Phi) is 1.85. The molecule has 5 heteroatoms. The third kappa shape index (κ3) is 1.26. The maximum absolute atomic E-state index is 10.3. The molecule has 5 nitrogen and oxygen atoms in total. The van der Waals surface area contributed by atoms with E-state index in [1.165, 1.54) is 6.42 Å². The fourth-order valence-electron chi connectivity index (χ4n) is 4.00. The fraction of sp³-hybridized carbons (Fsp3) is 0.467. The van der Waals surface area contributed by atoms with Gasteiger partial charge >= 0.3 is 0 Å². The molecule has 2 aliphatic rings. The number of hydrogen-bond acceptors (Lipinski definition) is 3. The highest BCUT2D eigenvalue weighted by Gasteiger charge is 2.54. The molecule has 4 atom stereocenters. The van der Waals surface area contributed by atoms with Gasteiger partial charge < -0.3 is 14.7 Å². The molecule has 2 N–H and O–H groups in total. The number of nitrogens with zero attached hydrogens (tertiary/aromatic N) is 3. The van der Waals surface area contributed by atoms with Crippen LogP contribution in [0.15, 0.2) is 18.6 Å². The van der Waals surface area contributed by atoms with Crippen LogP contribution in [0.1, 0.15) is 24.6 Å². The number of fused-ring (bicyclic) bond motifs is 4. The Morgan fingerprint density at radius 1 is 1.35 bits per heavy atom. The predicted molar refractivity (Wildman–Crippen MR) is 75.4 cm³/mol. The van der Waals surface area contributed by atoms with Gasteiger partial charge in [0.05, 0.1) is 24.0 Å². The van der Waals surface area contributed by atoms with Gasteiger partial charge in [-0.05, 0) is 37.7 Å². The molecule has 3 aromatic heterocycles. The van der Waals surface area contributed by atoms with Crippen LogP contribution < -0.4 is 0 Å². The predicted octanol–water partition coefficient (Wildman–Crippen LogP) is 2.16. The molecule has 2 aliphatic carbocycles. The van der Waals surface area contributed by atoms with Crippen molar-refractivity contribution in [2.24, 2.45) is 11.8 Å². The summed E-state index contributed by atoms with van der Waals surface area (Å²) < 4.78 is 2.09. The lowest BCUT2D eigenvalue weighted by Gasteiger charge is -2.19. The van der Waals surface area contributed by atoms with Crippen LogP contribution in [0.5, 0.6) is 0 Å². The van der Waals surface area contributed by atoms with Crippen molar-refractivity contribution in [1.29, 1.82) is 0 Å². The second-order valence-corrected chi connectivity index (χ2v) is 6.32. The van der Waals surface area contributed by atoms with Crippen molar-refractivity contribution in [2.75, 3.05) is 0 Å². The van der Waals surface area contributed by atoms with E-state index in [0.717, 1.165) is 34.2 Å². The third-order valence-corrected chi connectivity index (χ3v) is 4.99. The van der Waals surface area contributed by atoms with Crippen LogP contribution in [-0.2, 0) is 0 Å². The first-order valence-corrected chi connectivity index (χ1v) is 7.21. The first-order valence-electron chi connectivity index (χ1n) is 7.21. The summed E-state index contributed by atoms with van der Waals surface area (Å²) in [5.41, 5.74) is 3.96. The zero-order chi connectivity index (χ0) is 13.4. The molecule has 0 aliphatic heterocycles. The number of aliphatic hydroxyl groups is 1. The number of H-pyrrole nitrogens is 1. The Hall–Kier alpha value is -1.88. The van der Waals surface area contributed by atoms with E-state index in [-0.39, 0.29) is 12.1 Å². The van der Waals surface area contributed by atoms with Gasteiger partial charge in [0.25, 0.3) is 0 Å². The Balaban J connectivity index is 1.75. The standard InChI is InChI=1S/C15H16N4O/c1-7-2-9-5-16-15-13(12(9)18-7)17-6-19(15)14-10-3-8(10)4-11(14)20/h2,5-6,8,10-11,14,18,20H,3-4H2,1H3/t8?,10-,11+,14?/m0/s1. The van der Waals surface area contributed by atoms with E-state index in [1.54, 1.807) is 0 Å². The largest absolute Gasteiger partial charge is 0.391 e. The molecule has 0 bridgehead atoms. The average Bonchev–Trinajstić information content (AvgIpc) is 2.78. The van der Waals surface area contributed by atoms with Crippen LogP contribution in [0.3, 0.4) is 0 Å². The molecule has 2 fully saturated rings. The van der Waals surface area contributed by atoms with Crippen LogP contribution in [0, 0.1) is 18.8 Å². The SMILES string of the molecule is Cc1cc2cnc3c(ncn3C3[C@H]4CC4C[C@H]3O)c2[nH]1. The smallest absolute Gasteiger partial charge is 0.162 e. The minimum Gasteiger partial charge on any atom is -0.391 e. The van der Waals surface area contributed by atoms with E-state index in [9.17, 15) is 5.11 Å².